The van der Waals surface area contributed by atoms with E-state index in [0.717, 1.165) is 38.0 Å². The molecular weight excluding hydrogens is 212 g/mol. The molecular formula is C14H22N2O. The van der Waals surface area contributed by atoms with E-state index in [0.29, 0.717) is 6.10 Å². The van der Waals surface area contributed by atoms with Gasteiger partial charge in [-0.25, -0.2) is 0 Å². The van der Waals surface area contributed by atoms with E-state index in [9.17, 15) is 0 Å². The van der Waals surface area contributed by atoms with Gasteiger partial charge in [0.1, 0.15) is 0 Å². The van der Waals surface area contributed by atoms with Gasteiger partial charge in [0.05, 0.1) is 6.10 Å². The maximum atomic E-state index is 6.14. The molecule has 1 aromatic heterocycles. The Hall–Kier alpha value is -0.930. The molecule has 0 aromatic carbocycles. The second-order valence-corrected chi connectivity index (χ2v) is 4.85. The van der Waals surface area contributed by atoms with E-state index in [-0.39, 0.29) is 6.04 Å². The third kappa shape index (κ3) is 3.79. The summed E-state index contributed by atoms with van der Waals surface area (Å²) < 4.78 is 5.60. The van der Waals surface area contributed by atoms with Crippen molar-refractivity contribution in [3.05, 3.63) is 29.6 Å². The van der Waals surface area contributed by atoms with Crippen molar-refractivity contribution >= 4 is 0 Å². The van der Waals surface area contributed by atoms with Crippen LogP contribution >= 0.6 is 0 Å². The van der Waals surface area contributed by atoms with Crippen LogP contribution in [-0.2, 0) is 17.6 Å². The smallest absolute Gasteiger partial charge is 0.0590 e. The molecule has 1 fully saturated rings. The van der Waals surface area contributed by atoms with Gasteiger partial charge in [-0.1, -0.05) is 13.0 Å². The minimum atomic E-state index is 0.165. The molecule has 1 saturated heterocycles. The lowest BCUT2D eigenvalue weighted by Gasteiger charge is -2.15. The fourth-order valence-electron chi connectivity index (χ4n) is 2.30. The second-order valence-electron chi connectivity index (χ2n) is 4.85. The van der Waals surface area contributed by atoms with Gasteiger partial charge < -0.3 is 10.5 Å². The first kappa shape index (κ1) is 12.5. The quantitative estimate of drug-likeness (QED) is 0.848. The van der Waals surface area contributed by atoms with E-state index >= 15 is 0 Å². The van der Waals surface area contributed by atoms with Gasteiger partial charge in [0.2, 0.25) is 0 Å². The summed E-state index contributed by atoms with van der Waals surface area (Å²) in [5, 5.41) is 0. The summed E-state index contributed by atoms with van der Waals surface area (Å²) in [6, 6.07) is 4.40. The molecule has 0 aliphatic carbocycles. The summed E-state index contributed by atoms with van der Waals surface area (Å²) in [6.45, 7) is 3.04. The zero-order chi connectivity index (χ0) is 12.1. The monoisotopic (exact) mass is 234 g/mol. The average Bonchev–Trinajstić information content (AvgIpc) is 2.82. The standard InChI is InChI=1S/C14H22N2O/c1-2-11-5-6-13(16-10-11)8-12(15)9-14-4-3-7-17-14/h5-6,10,12,14H,2-4,7-9,15H2,1H3. The van der Waals surface area contributed by atoms with E-state index in [1.165, 1.54) is 12.0 Å². The van der Waals surface area contributed by atoms with Crippen molar-refractivity contribution in [2.45, 2.75) is 51.2 Å². The van der Waals surface area contributed by atoms with Crippen molar-refractivity contribution in [1.82, 2.24) is 4.98 Å². The summed E-state index contributed by atoms with van der Waals surface area (Å²) in [6.07, 6.45) is 7.51. The SMILES string of the molecule is CCc1ccc(CC(N)CC2CCCO2)nc1. The van der Waals surface area contributed by atoms with Gasteiger partial charge in [0, 0.05) is 31.0 Å². The fourth-order valence-corrected chi connectivity index (χ4v) is 2.30. The molecule has 3 nitrogen and oxygen atoms in total. The molecule has 0 amide bonds. The Morgan fingerprint density at radius 2 is 2.41 bits per heavy atom. The highest BCUT2D eigenvalue weighted by molar-refractivity contribution is 5.14. The lowest BCUT2D eigenvalue weighted by Crippen LogP contribution is -2.28. The largest absolute Gasteiger partial charge is 0.378 e. The van der Waals surface area contributed by atoms with Crippen molar-refractivity contribution in [2.24, 2.45) is 5.73 Å². The molecule has 2 rings (SSSR count). The molecule has 17 heavy (non-hydrogen) atoms. The number of rotatable bonds is 5. The highest BCUT2D eigenvalue weighted by Gasteiger charge is 2.18. The Labute approximate surface area is 103 Å². The van der Waals surface area contributed by atoms with Gasteiger partial charge in [-0.05, 0) is 37.3 Å². The third-order valence-electron chi connectivity index (χ3n) is 3.36. The molecule has 2 heterocycles. The molecule has 1 aromatic rings. The summed E-state index contributed by atoms with van der Waals surface area (Å²) in [5.41, 5.74) is 8.51. The molecule has 0 radical (unpaired) electrons. The Balaban J connectivity index is 1.81. The Morgan fingerprint density at radius 1 is 1.53 bits per heavy atom. The topological polar surface area (TPSA) is 48.1 Å². The van der Waals surface area contributed by atoms with Crippen molar-refractivity contribution in [3.63, 3.8) is 0 Å². The Morgan fingerprint density at radius 3 is 3.00 bits per heavy atom. The van der Waals surface area contributed by atoms with Gasteiger partial charge in [0.15, 0.2) is 0 Å². The Bertz CT molecular complexity index is 331. The molecule has 1 aliphatic rings. The van der Waals surface area contributed by atoms with Crippen molar-refractivity contribution < 1.29 is 4.74 Å². The van der Waals surface area contributed by atoms with E-state index in [1.807, 2.05) is 6.20 Å². The molecule has 2 N–H and O–H groups in total. The van der Waals surface area contributed by atoms with Gasteiger partial charge >= 0.3 is 0 Å². The number of nitrogens with two attached hydrogens (primary N) is 1. The minimum Gasteiger partial charge on any atom is -0.378 e. The first-order chi connectivity index (χ1) is 8.28. The van der Waals surface area contributed by atoms with Crippen molar-refractivity contribution in [3.8, 4) is 0 Å². The number of aromatic nitrogens is 1. The van der Waals surface area contributed by atoms with Crippen LogP contribution in [0.25, 0.3) is 0 Å². The van der Waals surface area contributed by atoms with Crippen LogP contribution in [0.3, 0.4) is 0 Å². The fraction of sp³-hybridized carbons (Fsp3) is 0.643. The van der Waals surface area contributed by atoms with Crippen LogP contribution in [0, 0.1) is 0 Å². The molecule has 0 spiro atoms. The number of nitrogens with zero attached hydrogens (tertiary/aromatic N) is 1. The molecule has 0 saturated carbocycles. The maximum absolute atomic E-state index is 6.14. The van der Waals surface area contributed by atoms with Crippen LogP contribution in [0.1, 0.15) is 37.4 Å². The predicted octanol–water partition coefficient (Wildman–Crippen LogP) is 2.08. The molecule has 3 heteroatoms. The molecule has 2 atom stereocenters. The van der Waals surface area contributed by atoms with Gasteiger partial charge in [-0.15, -0.1) is 0 Å². The van der Waals surface area contributed by atoms with Crippen LogP contribution in [0.2, 0.25) is 0 Å². The van der Waals surface area contributed by atoms with E-state index in [2.05, 4.69) is 24.0 Å². The summed E-state index contributed by atoms with van der Waals surface area (Å²) in [5.74, 6) is 0. The molecule has 1 aliphatic heterocycles. The third-order valence-corrected chi connectivity index (χ3v) is 3.36. The second kappa shape index (κ2) is 6.12. The highest BCUT2D eigenvalue weighted by Crippen LogP contribution is 2.17. The predicted molar refractivity (Wildman–Crippen MR) is 68.9 cm³/mol. The highest BCUT2D eigenvalue weighted by atomic mass is 16.5. The average molecular weight is 234 g/mol. The van der Waals surface area contributed by atoms with Gasteiger partial charge in [0.25, 0.3) is 0 Å². The number of aryl methyl sites for hydroxylation is 1. The molecule has 2 unspecified atom stereocenters. The Kier molecular flexibility index (Phi) is 4.51. The lowest BCUT2D eigenvalue weighted by molar-refractivity contribution is 0.0982. The molecule has 0 bridgehead atoms. The number of pyridine rings is 1. The number of hydrogen-bond acceptors (Lipinski definition) is 3. The zero-order valence-electron chi connectivity index (χ0n) is 10.6. The molecule has 94 valence electrons. The first-order valence-corrected chi connectivity index (χ1v) is 6.59. The van der Waals surface area contributed by atoms with Crippen LogP contribution in [-0.4, -0.2) is 23.7 Å². The van der Waals surface area contributed by atoms with Gasteiger partial charge in [-0.3, -0.25) is 4.98 Å². The van der Waals surface area contributed by atoms with Gasteiger partial charge in [-0.2, -0.15) is 0 Å². The van der Waals surface area contributed by atoms with Crippen LogP contribution < -0.4 is 5.73 Å². The van der Waals surface area contributed by atoms with Crippen LogP contribution in [0.5, 0.6) is 0 Å². The minimum absolute atomic E-state index is 0.165. The van der Waals surface area contributed by atoms with Crippen molar-refractivity contribution in [1.29, 1.82) is 0 Å². The van der Waals surface area contributed by atoms with E-state index in [1.54, 1.807) is 0 Å². The van der Waals surface area contributed by atoms with Crippen LogP contribution in [0.4, 0.5) is 0 Å². The maximum Gasteiger partial charge on any atom is 0.0590 e. The summed E-state index contributed by atoms with van der Waals surface area (Å²) in [7, 11) is 0. The zero-order valence-corrected chi connectivity index (χ0v) is 10.6. The number of ether oxygens (including phenoxy) is 1. The van der Waals surface area contributed by atoms with E-state index in [4.69, 9.17) is 10.5 Å². The first-order valence-electron chi connectivity index (χ1n) is 6.59. The van der Waals surface area contributed by atoms with E-state index < -0.39 is 0 Å². The summed E-state index contributed by atoms with van der Waals surface area (Å²) in [4.78, 5) is 4.44. The number of hydrogen-bond donors (Lipinski definition) is 1. The van der Waals surface area contributed by atoms with Crippen LogP contribution in [0.15, 0.2) is 18.3 Å². The van der Waals surface area contributed by atoms with Crippen molar-refractivity contribution in [2.75, 3.05) is 6.61 Å². The summed E-state index contributed by atoms with van der Waals surface area (Å²) >= 11 is 0. The normalized spacial score (nSPS) is 21.6. The lowest BCUT2D eigenvalue weighted by atomic mass is 10.0.